The third-order valence-corrected chi connectivity index (χ3v) is 4.54. The molecular weight excluding hydrogens is 347 g/mol. The summed E-state index contributed by atoms with van der Waals surface area (Å²) in [6.45, 7) is 0.873. The van der Waals surface area contributed by atoms with Crippen molar-refractivity contribution in [3.8, 4) is 0 Å². The fourth-order valence-electron chi connectivity index (χ4n) is 2.15. The normalized spacial score (nSPS) is 11.0. The molecule has 0 bridgehead atoms. The number of benzene rings is 2. The van der Waals surface area contributed by atoms with Crippen LogP contribution < -0.4 is 9.62 Å². The zero-order chi connectivity index (χ0) is 18.6. The van der Waals surface area contributed by atoms with Crippen LogP contribution in [0.15, 0.2) is 48.5 Å². The second-order valence-corrected chi connectivity index (χ2v) is 7.31. The number of nitrogens with zero attached hydrogens (tertiary/aromatic N) is 1. The van der Waals surface area contributed by atoms with Crippen LogP contribution in [0, 0.1) is 5.82 Å². The van der Waals surface area contributed by atoms with Gasteiger partial charge in [-0.15, -0.1) is 0 Å². The first-order valence-corrected chi connectivity index (χ1v) is 9.16. The Hall–Kier alpha value is -2.74. The summed E-state index contributed by atoms with van der Waals surface area (Å²) in [6, 6.07) is 11.4. The predicted molar refractivity (Wildman–Crippen MR) is 93.7 cm³/mol. The van der Waals surface area contributed by atoms with E-state index in [1.807, 2.05) is 0 Å². The van der Waals surface area contributed by atoms with E-state index < -0.39 is 28.3 Å². The first-order valence-electron chi connectivity index (χ1n) is 7.31. The van der Waals surface area contributed by atoms with E-state index in [1.54, 1.807) is 6.07 Å². The van der Waals surface area contributed by atoms with E-state index >= 15 is 0 Å². The topological polar surface area (TPSA) is 83.6 Å². The predicted octanol–water partition coefficient (Wildman–Crippen LogP) is 2.43. The number of hydrogen-bond acceptors (Lipinski definition) is 4. The quantitative estimate of drug-likeness (QED) is 0.798. The maximum Gasteiger partial charge on any atom is 0.245 e. The van der Waals surface area contributed by atoms with Crippen molar-refractivity contribution in [3.05, 3.63) is 59.9 Å². The highest BCUT2D eigenvalue weighted by atomic mass is 32.2. The van der Waals surface area contributed by atoms with Crippen LogP contribution in [0.5, 0.6) is 0 Å². The van der Waals surface area contributed by atoms with Crippen molar-refractivity contribution in [3.63, 3.8) is 0 Å². The fraction of sp³-hybridized carbons (Fsp3) is 0.176. The third kappa shape index (κ3) is 4.87. The number of nitrogens with one attached hydrogen (secondary N) is 1. The molecule has 6 nitrogen and oxygen atoms in total. The molecule has 2 aromatic rings. The van der Waals surface area contributed by atoms with E-state index in [-0.39, 0.29) is 17.2 Å². The summed E-state index contributed by atoms with van der Waals surface area (Å²) in [5.41, 5.74) is 0.622. The number of halogens is 1. The summed E-state index contributed by atoms with van der Waals surface area (Å²) in [5, 5.41) is 2.34. The van der Waals surface area contributed by atoms with Gasteiger partial charge in [-0.2, -0.15) is 0 Å². The molecule has 1 amide bonds. The lowest BCUT2D eigenvalue weighted by Crippen LogP contribution is -2.37. The van der Waals surface area contributed by atoms with Crippen LogP contribution >= 0.6 is 0 Å². The number of ketones is 1. The Morgan fingerprint density at radius 2 is 1.68 bits per heavy atom. The molecule has 0 saturated carbocycles. The van der Waals surface area contributed by atoms with Crippen molar-refractivity contribution in [1.29, 1.82) is 0 Å². The number of rotatable bonds is 6. The minimum atomic E-state index is -3.75. The Morgan fingerprint density at radius 3 is 2.20 bits per heavy atom. The lowest BCUT2D eigenvalue weighted by Gasteiger charge is -2.22. The number of carbonyl (C=O) groups is 2. The summed E-state index contributed by atoms with van der Waals surface area (Å²) in [4.78, 5) is 23.4. The molecule has 0 radical (unpaired) electrons. The zero-order valence-electron chi connectivity index (χ0n) is 13.7. The van der Waals surface area contributed by atoms with Crippen LogP contribution in [0.25, 0.3) is 0 Å². The minimum Gasteiger partial charge on any atom is -0.322 e. The molecule has 0 fully saturated rings. The van der Waals surface area contributed by atoms with E-state index in [1.165, 1.54) is 49.4 Å². The molecule has 0 aliphatic rings. The first kappa shape index (κ1) is 18.6. The van der Waals surface area contributed by atoms with Gasteiger partial charge in [-0.25, -0.2) is 12.8 Å². The lowest BCUT2D eigenvalue weighted by molar-refractivity contribution is -0.114. The molecular formula is C17H17FN2O4S. The number of sulfonamides is 1. The van der Waals surface area contributed by atoms with Gasteiger partial charge in [0, 0.05) is 5.56 Å². The molecule has 0 spiro atoms. The highest BCUT2D eigenvalue weighted by molar-refractivity contribution is 7.92. The monoisotopic (exact) mass is 364 g/mol. The van der Waals surface area contributed by atoms with Gasteiger partial charge in [-0.05, 0) is 43.3 Å². The molecule has 0 saturated heterocycles. The molecule has 2 aromatic carbocycles. The molecule has 25 heavy (non-hydrogen) atoms. The van der Waals surface area contributed by atoms with Gasteiger partial charge < -0.3 is 5.32 Å². The van der Waals surface area contributed by atoms with Crippen molar-refractivity contribution in [2.75, 3.05) is 22.4 Å². The maximum absolute atomic E-state index is 13.6. The van der Waals surface area contributed by atoms with Crippen LogP contribution in [-0.2, 0) is 14.8 Å². The highest BCUT2D eigenvalue weighted by Crippen LogP contribution is 2.19. The van der Waals surface area contributed by atoms with Gasteiger partial charge in [-0.3, -0.25) is 13.9 Å². The summed E-state index contributed by atoms with van der Waals surface area (Å²) in [7, 11) is -3.75. The van der Waals surface area contributed by atoms with Crippen LogP contribution in [0.2, 0.25) is 0 Å². The summed E-state index contributed by atoms with van der Waals surface area (Å²) >= 11 is 0. The number of anilines is 2. The molecule has 132 valence electrons. The molecule has 0 heterocycles. The number of amides is 1. The Bertz CT molecular complexity index is 895. The average molecular weight is 364 g/mol. The van der Waals surface area contributed by atoms with Gasteiger partial charge in [-0.1, -0.05) is 12.1 Å². The van der Waals surface area contributed by atoms with E-state index in [9.17, 15) is 22.4 Å². The Balaban J connectivity index is 2.22. The summed E-state index contributed by atoms with van der Waals surface area (Å²) in [5.74, 6) is -1.46. The first-order chi connectivity index (χ1) is 11.7. The van der Waals surface area contributed by atoms with E-state index in [2.05, 4.69) is 5.32 Å². The number of carbonyl (C=O) groups excluding carboxylic acids is 2. The smallest absolute Gasteiger partial charge is 0.245 e. The standard InChI is InChI=1S/C17H17FN2O4S/c1-12(21)13-7-9-14(10-8-13)20(25(2,23)24)11-17(22)19-16-6-4-3-5-15(16)18/h3-10H,11H2,1-2H3,(H,19,22). The van der Waals surface area contributed by atoms with Gasteiger partial charge in [0.05, 0.1) is 17.6 Å². The van der Waals surface area contributed by atoms with Gasteiger partial charge >= 0.3 is 0 Å². The molecule has 2 rings (SSSR count). The minimum absolute atomic E-state index is 0.0344. The number of para-hydroxylation sites is 1. The van der Waals surface area contributed by atoms with Gasteiger partial charge in [0.1, 0.15) is 12.4 Å². The molecule has 1 N–H and O–H groups in total. The molecule has 0 aliphatic carbocycles. The van der Waals surface area contributed by atoms with Crippen molar-refractivity contribution in [2.45, 2.75) is 6.92 Å². The maximum atomic E-state index is 13.6. The highest BCUT2D eigenvalue weighted by Gasteiger charge is 2.21. The molecule has 0 atom stereocenters. The van der Waals surface area contributed by atoms with E-state index in [0.717, 1.165) is 10.6 Å². The van der Waals surface area contributed by atoms with E-state index in [4.69, 9.17) is 0 Å². The van der Waals surface area contributed by atoms with Crippen molar-refractivity contribution in [2.24, 2.45) is 0 Å². The second kappa shape index (κ2) is 7.43. The fourth-order valence-corrected chi connectivity index (χ4v) is 3.00. The average Bonchev–Trinajstić information content (AvgIpc) is 2.54. The zero-order valence-corrected chi connectivity index (χ0v) is 14.5. The van der Waals surface area contributed by atoms with Crippen LogP contribution in [-0.4, -0.2) is 32.9 Å². The number of hydrogen-bond donors (Lipinski definition) is 1. The SMILES string of the molecule is CC(=O)c1ccc(N(CC(=O)Nc2ccccc2F)S(C)(=O)=O)cc1. The second-order valence-electron chi connectivity index (χ2n) is 5.40. The molecule has 0 aromatic heterocycles. The Labute approximate surface area is 145 Å². The van der Waals surface area contributed by atoms with Gasteiger partial charge in [0.2, 0.25) is 15.9 Å². The molecule has 0 unspecified atom stereocenters. The van der Waals surface area contributed by atoms with Crippen LogP contribution in [0.3, 0.4) is 0 Å². The van der Waals surface area contributed by atoms with Gasteiger partial charge in [0.25, 0.3) is 0 Å². The van der Waals surface area contributed by atoms with Crippen LogP contribution in [0.1, 0.15) is 17.3 Å². The van der Waals surface area contributed by atoms with Crippen molar-refractivity contribution >= 4 is 33.1 Å². The van der Waals surface area contributed by atoms with Crippen molar-refractivity contribution in [1.82, 2.24) is 0 Å². The third-order valence-electron chi connectivity index (χ3n) is 3.40. The summed E-state index contributed by atoms with van der Waals surface area (Å²) in [6.07, 6.45) is 0.961. The lowest BCUT2D eigenvalue weighted by atomic mass is 10.1. The largest absolute Gasteiger partial charge is 0.322 e. The Kier molecular flexibility index (Phi) is 5.53. The number of Topliss-reactive ketones (excluding diaryl/α,β-unsaturated/α-hetero) is 1. The van der Waals surface area contributed by atoms with Gasteiger partial charge in [0.15, 0.2) is 5.78 Å². The molecule has 8 heteroatoms. The Morgan fingerprint density at radius 1 is 1.08 bits per heavy atom. The van der Waals surface area contributed by atoms with E-state index in [0.29, 0.717) is 5.56 Å². The molecule has 0 aliphatic heterocycles. The van der Waals surface area contributed by atoms with Crippen LogP contribution in [0.4, 0.5) is 15.8 Å². The van der Waals surface area contributed by atoms with Crippen molar-refractivity contribution < 1.29 is 22.4 Å². The summed E-state index contributed by atoms with van der Waals surface area (Å²) < 4.78 is 38.5.